The Kier molecular flexibility index (Phi) is 5.16. The molecule has 0 atom stereocenters. The Labute approximate surface area is 140 Å². The van der Waals surface area contributed by atoms with Gasteiger partial charge in [-0.3, -0.25) is 9.69 Å². The van der Waals surface area contributed by atoms with Crippen molar-refractivity contribution in [3.63, 3.8) is 0 Å². The molecular weight excluding hydrogens is 284 g/mol. The smallest absolute Gasteiger partial charge is 0.246 e. The Morgan fingerprint density at radius 2 is 1.78 bits per heavy atom. The lowest BCUT2D eigenvalue weighted by Gasteiger charge is -2.37. The largest absolute Gasteiger partial charge is 0.337 e. The number of aryl methyl sites for hydroxylation is 2. The van der Waals surface area contributed by atoms with E-state index < -0.39 is 0 Å². The summed E-state index contributed by atoms with van der Waals surface area (Å²) in [6.45, 7) is 7.99. The van der Waals surface area contributed by atoms with Crippen LogP contribution in [0.3, 0.4) is 0 Å². The van der Waals surface area contributed by atoms with Crippen molar-refractivity contribution in [2.75, 3.05) is 26.2 Å². The van der Waals surface area contributed by atoms with Crippen molar-refractivity contribution >= 4 is 12.0 Å². The van der Waals surface area contributed by atoms with Gasteiger partial charge in [0.2, 0.25) is 5.91 Å². The Morgan fingerprint density at radius 1 is 1.09 bits per heavy atom. The molecule has 0 aromatic heterocycles. The van der Waals surface area contributed by atoms with Crippen molar-refractivity contribution in [2.45, 2.75) is 45.6 Å². The molecule has 1 saturated heterocycles. The predicted octanol–water partition coefficient (Wildman–Crippen LogP) is 3.40. The fourth-order valence-corrected chi connectivity index (χ4v) is 3.86. The van der Waals surface area contributed by atoms with E-state index in [0.29, 0.717) is 0 Å². The highest BCUT2D eigenvalue weighted by Gasteiger charge is 2.27. The highest BCUT2D eigenvalue weighted by Crippen LogP contribution is 2.24. The second-order valence-electron chi connectivity index (χ2n) is 6.99. The first-order chi connectivity index (χ1) is 11.1. The Morgan fingerprint density at radius 3 is 2.43 bits per heavy atom. The topological polar surface area (TPSA) is 23.6 Å². The van der Waals surface area contributed by atoms with Crippen LogP contribution in [0.25, 0.3) is 6.08 Å². The number of rotatable bonds is 3. The molecule has 0 radical (unpaired) electrons. The standard InChI is InChI=1S/C20H28N2O/c1-16-7-8-18(17(2)15-16)9-10-20(23)22-13-11-21(12-14-22)19-5-3-4-6-19/h7-10,15,19H,3-6,11-14H2,1-2H3/b10-9+. The molecule has 1 aromatic rings. The van der Waals surface area contributed by atoms with E-state index in [1.165, 1.54) is 36.8 Å². The van der Waals surface area contributed by atoms with E-state index in [4.69, 9.17) is 0 Å². The molecule has 23 heavy (non-hydrogen) atoms. The molecule has 0 spiro atoms. The van der Waals surface area contributed by atoms with Gasteiger partial charge in [0.05, 0.1) is 0 Å². The Bertz CT molecular complexity index is 579. The molecular formula is C20H28N2O. The minimum Gasteiger partial charge on any atom is -0.337 e. The van der Waals surface area contributed by atoms with Gasteiger partial charge in [0.1, 0.15) is 0 Å². The first kappa shape index (κ1) is 16.3. The molecule has 1 heterocycles. The van der Waals surface area contributed by atoms with Crippen molar-refractivity contribution in [1.82, 2.24) is 9.80 Å². The van der Waals surface area contributed by atoms with Gasteiger partial charge in [-0.15, -0.1) is 0 Å². The number of nitrogens with zero attached hydrogens (tertiary/aromatic N) is 2. The molecule has 1 aliphatic carbocycles. The van der Waals surface area contributed by atoms with Crippen LogP contribution in [0.1, 0.15) is 42.4 Å². The number of hydrogen-bond donors (Lipinski definition) is 0. The Balaban J connectivity index is 1.53. The second kappa shape index (κ2) is 7.31. The van der Waals surface area contributed by atoms with E-state index in [1.807, 2.05) is 11.0 Å². The molecule has 0 bridgehead atoms. The summed E-state index contributed by atoms with van der Waals surface area (Å²) in [5.74, 6) is 0.149. The molecule has 3 rings (SSSR count). The van der Waals surface area contributed by atoms with Crippen molar-refractivity contribution in [1.29, 1.82) is 0 Å². The van der Waals surface area contributed by atoms with Crippen LogP contribution in [-0.4, -0.2) is 47.9 Å². The summed E-state index contributed by atoms with van der Waals surface area (Å²) < 4.78 is 0. The van der Waals surface area contributed by atoms with Gasteiger partial charge in [-0.05, 0) is 43.9 Å². The summed E-state index contributed by atoms with van der Waals surface area (Å²) in [6.07, 6.45) is 9.15. The highest BCUT2D eigenvalue weighted by molar-refractivity contribution is 5.92. The minimum absolute atomic E-state index is 0.149. The van der Waals surface area contributed by atoms with E-state index in [9.17, 15) is 4.79 Å². The van der Waals surface area contributed by atoms with Crippen LogP contribution in [0.5, 0.6) is 0 Å². The van der Waals surface area contributed by atoms with E-state index in [1.54, 1.807) is 6.08 Å². The zero-order chi connectivity index (χ0) is 16.2. The molecule has 0 unspecified atom stereocenters. The third-order valence-electron chi connectivity index (χ3n) is 5.30. The summed E-state index contributed by atoms with van der Waals surface area (Å²) in [5, 5.41) is 0. The molecule has 1 saturated carbocycles. The van der Waals surface area contributed by atoms with Crippen LogP contribution in [0.2, 0.25) is 0 Å². The molecule has 1 aromatic carbocycles. The molecule has 2 aliphatic rings. The monoisotopic (exact) mass is 312 g/mol. The SMILES string of the molecule is Cc1ccc(/C=C/C(=O)N2CCN(C3CCCC3)CC2)c(C)c1. The van der Waals surface area contributed by atoms with E-state index in [0.717, 1.165) is 37.8 Å². The zero-order valence-corrected chi connectivity index (χ0v) is 14.4. The lowest BCUT2D eigenvalue weighted by molar-refractivity contribution is -0.127. The number of carbonyl (C=O) groups excluding carboxylic acids is 1. The first-order valence-electron chi connectivity index (χ1n) is 8.92. The van der Waals surface area contributed by atoms with Gasteiger partial charge in [0.15, 0.2) is 0 Å². The van der Waals surface area contributed by atoms with Crippen molar-refractivity contribution < 1.29 is 4.79 Å². The third kappa shape index (κ3) is 4.03. The number of hydrogen-bond acceptors (Lipinski definition) is 2. The van der Waals surface area contributed by atoms with E-state index in [-0.39, 0.29) is 5.91 Å². The average molecular weight is 312 g/mol. The lowest BCUT2D eigenvalue weighted by atomic mass is 10.1. The predicted molar refractivity (Wildman–Crippen MR) is 95.4 cm³/mol. The fraction of sp³-hybridized carbons (Fsp3) is 0.550. The molecule has 1 amide bonds. The van der Waals surface area contributed by atoms with Gasteiger partial charge in [0.25, 0.3) is 0 Å². The van der Waals surface area contributed by atoms with Crippen LogP contribution < -0.4 is 0 Å². The summed E-state index contributed by atoms with van der Waals surface area (Å²) in [7, 11) is 0. The Hall–Kier alpha value is -1.61. The summed E-state index contributed by atoms with van der Waals surface area (Å²) in [4.78, 5) is 17.0. The third-order valence-corrected chi connectivity index (χ3v) is 5.30. The molecule has 1 aliphatic heterocycles. The van der Waals surface area contributed by atoms with Crippen LogP contribution >= 0.6 is 0 Å². The summed E-state index contributed by atoms with van der Waals surface area (Å²) in [6, 6.07) is 7.12. The summed E-state index contributed by atoms with van der Waals surface area (Å²) in [5.41, 5.74) is 3.61. The maximum Gasteiger partial charge on any atom is 0.246 e. The van der Waals surface area contributed by atoms with Gasteiger partial charge >= 0.3 is 0 Å². The first-order valence-corrected chi connectivity index (χ1v) is 8.92. The normalized spacial score (nSPS) is 20.5. The van der Waals surface area contributed by atoms with Crippen molar-refractivity contribution in [2.24, 2.45) is 0 Å². The summed E-state index contributed by atoms with van der Waals surface area (Å²) >= 11 is 0. The second-order valence-corrected chi connectivity index (χ2v) is 6.99. The van der Waals surface area contributed by atoms with Crippen LogP contribution in [-0.2, 0) is 4.79 Å². The molecule has 3 heteroatoms. The number of carbonyl (C=O) groups is 1. The van der Waals surface area contributed by atoms with E-state index in [2.05, 4.69) is 36.9 Å². The molecule has 124 valence electrons. The van der Waals surface area contributed by atoms with Gasteiger partial charge in [-0.2, -0.15) is 0 Å². The zero-order valence-electron chi connectivity index (χ0n) is 14.4. The maximum atomic E-state index is 12.4. The highest BCUT2D eigenvalue weighted by atomic mass is 16.2. The van der Waals surface area contributed by atoms with Gasteiger partial charge in [0, 0.05) is 38.3 Å². The lowest BCUT2D eigenvalue weighted by Crippen LogP contribution is -2.51. The van der Waals surface area contributed by atoms with Gasteiger partial charge < -0.3 is 4.90 Å². The molecule has 2 fully saturated rings. The maximum absolute atomic E-state index is 12.4. The van der Waals surface area contributed by atoms with Crippen LogP contribution in [0.15, 0.2) is 24.3 Å². The number of benzene rings is 1. The van der Waals surface area contributed by atoms with Gasteiger partial charge in [-0.25, -0.2) is 0 Å². The number of piperazine rings is 1. The van der Waals surface area contributed by atoms with Crippen molar-refractivity contribution in [3.8, 4) is 0 Å². The number of amides is 1. The molecule has 0 N–H and O–H groups in total. The van der Waals surface area contributed by atoms with E-state index >= 15 is 0 Å². The van der Waals surface area contributed by atoms with Crippen molar-refractivity contribution in [3.05, 3.63) is 41.0 Å². The average Bonchev–Trinajstić information content (AvgIpc) is 3.08. The van der Waals surface area contributed by atoms with Crippen LogP contribution in [0, 0.1) is 13.8 Å². The van der Waals surface area contributed by atoms with Crippen LogP contribution in [0.4, 0.5) is 0 Å². The minimum atomic E-state index is 0.149. The quantitative estimate of drug-likeness (QED) is 0.799. The fourth-order valence-electron chi connectivity index (χ4n) is 3.86. The van der Waals surface area contributed by atoms with Gasteiger partial charge in [-0.1, -0.05) is 36.6 Å². The molecule has 3 nitrogen and oxygen atoms in total.